The first-order valence-corrected chi connectivity index (χ1v) is 11.1. The number of benzene rings is 2. The summed E-state index contributed by atoms with van der Waals surface area (Å²) in [5, 5.41) is 2.96. The Balaban J connectivity index is 1.39. The number of hydrogen-bond acceptors (Lipinski definition) is 5. The third-order valence-corrected chi connectivity index (χ3v) is 5.63. The zero-order valence-electron chi connectivity index (χ0n) is 18.3. The molecule has 0 radical (unpaired) electrons. The Hall–Kier alpha value is -3.35. The highest BCUT2D eigenvalue weighted by molar-refractivity contribution is 6.02. The van der Waals surface area contributed by atoms with Crippen molar-refractivity contribution in [3.63, 3.8) is 0 Å². The SMILES string of the molecule is CCc1cccc(OCC(=O)c2ccc3c(c2)N(CCCC(=O)NC2CC2)C(=O)CO3)c1. The Labute approximate surface area is 187 Å². The van der Waals surface area contributed by atoms with Gasteiger partial charge in [-0.1, -0.05) is 19.1 Å². The molecule has 0 bridgehead atoms. The molecule has 1 saturated carbocycles. The fourth-order valence-electron chi connectivity index (χ4n) is 3.63. The van der Waals surface area contributed by atoms with Gasteiger partial charge in [-0.15, -0.1) is 0 Å². The van der Waals surface area contributed by atoms with Crippen LogP contribution in [0.2, 0.25) is 0 Å². The number of aryl methyl sites for hydroxylation is 1. The number of rotatable bonds is 10. The molecule has 0 unspecified atom stereocenters. The van der Waals surface area contributed by atoms with E-state index in [9.17, 15) is 14.4 Å². The average molecular weight is 437 g/mol. The summed E-state index contributed by atoms with van der Waals surface area (Å²) in [6.07, 6.45) is 3.89. The van der Waals surface area contributed by atoms with Gasteiger partial charge in [-0.05, 0) is 61.6 Å². The second-order valence-corrected chi connectivity index (χ2v) is 8.17. The number of hydrogen-bond donors (Lipinski definition) is 1. The van der Waals surface area contributed by atoms with Gasteiger partial charge < -0.3 is 19.7 Å². The van der Waals surface area contributed by atoms with Crippen molar-refractivity contribution in [2.75, 3.05) is 24.7 Å². The smallest absolute Gasteiger partial charge is 0.265 e. The number of anilines is 1. The Morgan fingerprint density at radius 3 is 2.81 bits per heavy atom. The van der Waals surface area contributed by atoms with E-state index in [2.05, 4.69) is 12.2 Å². The predicted octanol–water partition coefficient (Wildman–Crippen LogP) is 3.29. The first-order chi connectivity index (χ1) is 15.5. The maximum Gasteiger partial charge on any atom is 0.265 e. The van der Waals surface area contributed by atoms with Crippen LogP contribution in [0.25, 0.3) is 0 Å². The minimum Gasteiger partial charge on any atom is -0.485 e. The summed E-state index contributed by atoms with van der Waals surface area (Å²) >= 11 is 0. The van der Waals surface area contributed by atoms with Crippen molar-refractivity contribution in [3.05, 3.63) is 53.6 Å². The summed E-state index contributed by atoms with van der Waals surface area (Å²) in [6, 6.07) is 13.1. The van der Waals surface area contributed by atoms with Crippen molar-refractivity contribution < 1.29 is 23.9 Å². The van der Waals surface area contributed by atoms with Crippen molar-refractivity contribution >= 4 is 23.3 Å². The lowest BCUT2D eigenvalue weighted by molar-refractivity contribution is -0.122. The first kappa shape index (κ1) is 21.9. The van der Waals surface area contributed by atoms with E-state index in [1.54, 1.807) is 23.1 Å². The highest BCUT2D eigenvalue weighted by Gasteiger charge is 2.27. The molecular weight excluding hydrogens is 408 g/mol. The summed E-state index contributed by atoms with van der Waals surface area (Å²) in [6.45, 7) is 2.31. The number of nitrogens with zero attached hydrogens (tertiary/aromatic N) is 1. The van der Waals surface area contributed by atoms with Gasteiger partial charge in [0.05, 0.1) is 5.69 Å². The van der Waals surface area contributed by atoms with E-state index in [0.29, 0.717) is 48.2 Å². The third-order valence-electron chi connectivity index (χ3n) is 5.63. The van der Waals surface area contributed by atoms with Gasteiger partial charge in [-0.25, -0.2) is 0 Å². The summed E-state index contributed by atoms with van der Waals surface area (Å²) < 4.78 is 11.2. The van der Waals surface area contributed by atoms with Crippen LogP contribution in [0.15, 0.2) is 42.5 Å². The fourth-order valence-corrected chi connectivity index (χ4v) is 3.63. The quantitative estimate of drug-likeness (QED) is 0.578. The molecule has 4 rings (SSSR count). The molecule has 32 heavy (non-hydrogen) atoms. The minimum absolute atomic E-state index is 0.0154. The lowest BCUT2D eigenvalue weighted by atomic mass is 10.1. The molecule has 7 nitrogen and oxygen atoms in total. The van der Waals surface area contributed by atoms with Crippen LogP contribution in [-0.4, -0.2) is 43.4 Å². The van der Waals surface area contributed by atoms with Crippen LogP contribution in [0.3, 0.4) is 0 Å². The van der Waals surface area contributed by atoms with E-state index in [-0.39, 0.29) is 30.8 Å². The van der Waals surface area contributed by atoms with E-state index in [4.69, 9.17) is 9.47 Å². The molecule has 2 amide bonds. The lowest BCUT2D eigenvalue weighted by Crippen LogP contribution is -2.40. The Morgan fingerprint density at radius 2 is 2.03 bits per heavy atom. The van der Waals surface area contributed by atoms with Gasteiger partial charge in [0.15, 0.2) is 19.0 Å². The highest BCUT2D eigenvalue weighted by Crippen LogP contribution is 2.33. The molecule has 0 atom stereocenters. The van der Waals surface area contributed by atoms with Gasteiger partial charge in [-0.2, -0.15) is 0 Å². The van der Waals surface area contributed by atoms with Gasteiger partial charge in [0.25, 0.3) is 5.91 Å². The summed E-state index contributed by atoms with van der Waals surface area (Å²) in [5.41, 5.74) is 2.15. The molecule has 1 aliphatic carbocycles. The van der Waals surface area contributed by atoms with Crippen molar-refractivity contribution in [3.8, 4) is 11.5 Å². The largest absolute Gasteiger partial charge is 0.485 e. The fraction of sp³-hybridized carbons (Fsp3) is 0.400. The lowest BCUT2D eigenvalue weighted by Gasteiger charge is -2.29. The van der Waals surface area contributed by atoms with E-state index in [1.165, 1.54) is 0 Å². The van der Waals surface area contributed by atoms with E-state index in [1.807, 2.05) is 24.3 Å². The zero-order valence-corrected chi connectivity index (χ0v) is 18.3. The van der Waals surface area contributed by atoms with Gasteiger partial charge in [-0.3, -0.25) is 14.4 Å². The normalized spacial score (nSPS) is 15.0. The third kappa shape index (κ3) is 5.46. The average Bonchev–Trinajstić information content (AvgIpc) is 3.62. The first-order valence-electron chi connectivity index (χ1n) is 11.1. The van der Waals surface area contributed by atoms with Gasteiger partial charge >= 0.3 is 0 Å². The molecule has 2 aromatic rings. The number of carbonyl (C=O) groups excluding carboxylic acids is 3. The molecule has 1 heterocycles. The number of ether oxygens (including phenoxy) is 2. The summed E-state index contributed by atoms with van der Waals surface area (Å²) in [7, 11) is 0. The summed E-state index contributed by atoms with van der Waals surface area (Å²) in [5.74, 6) is 0.857. The second kappa shape index (κ2) is 9.85. The van der Waals surface area contributed by atoms with Crippen LogP contribution >= 0.6 is 0 Å². The number of carbonyl (C=O) groups is 3. The van der Waals surface area contributed by atoms with Gasteiger partial charge in [0.2, 0.25) is 5.91 Å². The standard InChI is InChI=1S/C25H28N2O5/c1-2-17-5-3-6-20(13-17)31-15-22(28)18-8-11-23-21(14-18)27(25(30)16-32-23)12-4-7-24(29)26-19-9-10-19/h3,5-6,8,11,13-14,19H,2,4,7,9-10,12,15-16H2,1H3,(H,26,29). The molecule has 2 aliphatic rings. The molecule has 1 N–H and O–H groups in total. The van der Waals surface area contributed by atoms with Crippen LogP contribution in [0.4, 0.5) is 5.69 Å². The van der Waals surface area contributed by atoms with Gasteiger partial charge in [0, 0.05) is 24.6 Å². The second-order valence-electron chi connectivity index (χ2n) is 8.17. The molecule has 7 heteroatoms. The molecule has 2 aromatic carbocycles. The maximum absolute atomic E-state index is 12.7. The molecule has 0 spiro atoms. The van der Waals surface area contributed by atoms with Crippen LogP contribution in [0.1, 0.15) is 48.5 Å². The molecule has 0 aromatic heterocycles. The van der Waals surface area contributed by atoms with E-state index >= 15 is 0 Å². The number of amides is 2. The zero-order chi connectivity index (χ0) is 22.5. The summed E-state index contributed by atoms with van der Waals surface area (Å²) in [4.78, 5) is 38.7. The van der Waals surface area contributed by atoms with E-state index in [0.717, 1.165) is 24.8 Å². The van der Waals surface area contributed by atoms with Crippen LogP contribution in [0, 0.1) is 0 Å². The maximum atomic E-state index is 12.7. The number of ketones is 1. The molecule has 0 saturated heterocycles. The number of Topliss-reactive ketones (excluding diaryl/α,β-unsaturated/α-hetero) is 1. The monoisotopic (exact) mass is 436 g/mol. The van der Waals surface area contributed by atoms with Crippen molar-refractivity contribution in [1.82, 2.24) is 5.32 Å². The predicted molar refractivity (Wildman–Crippen MR) is 120 cm³/mol. The van der Waals surface area contributed by atoms with Crippen molar-refractivity contribution in [1.29, 1.82) is 0 Å². The Bertz CT molecular complexity index is 1020. The molecular formula is C25H28N2O5. The minimum atomic E-state index is -0.184. The number of fused-ring (bicyclic) bond motifs is 1. The molecule has 1 aliphatic heterocycles. The highest BCUT2D eigenvalue weighted by atomic mass is 16.5. The number of nitrogens with one attached hydrogen (secondary N) is 1. The van der Waals surface area contributed by atoms with Crippen LogP contribution in [-0.2, 0) is 16.0 Å². The van der Waals surface area contributed by atoms with Crippen molar-refractivity contribution in [2.24, 2.45) is 0 Å². The Morgan fingerprint density at radius 1 is 1.19 bits per heavy atom. The van der Waals surface area contributed by atoms with Gasteiger partial charge in [0.1, 0.15) is 11.5 Å². The van der Waals surface area contributed by atoms with Crippen LogP contribution in [0.5, 0.6) is 11.5 Å². The topological polar surface area (TPSA) is 84.9 Å². The molecule has 168 valence electrons. The van der Waals surface area contributed by atoms with Crippen molar-refractivity contribution in [2.45, 2.75) is 45.1 Å². The van der Waals surface area contributed by atoms with E-state index < -0.39 is 0 Å². The van der Waals surface area contributed by atoms with Crippen LogP contribution < -0.4 is 19.7 Å². The molecule has 1 fully saturated rings. The Kier molecular flexibility index (Phi) is 6.73.